The molecule has 0 unspecified atom stereocenters. The molecule has 1 N–H and O–H groups in total. The lowest BCUT2D eigenvalue weighted by Gasteiger charge is -2.25. The van der Waals surface area contributed by atoms with Crippen molar-refractivity contribution in [3.05, 3.63) is 18.5 Å². The van der Waals surface area contributed by atoms with E-state index in [1.54, 1.807) is 12.4 Å². The molecule has 1 saturated heterocycles. The van der Waals surface area contributed by atoms with Crippen LogP contribution in [0, 0.1) is 11.8 Å². The molecule has 26 heavy (non-hydrogen) atoms. The van der Waals surface area contributed by atoms with Crippen LogP contribution in [0.3, 0.4) is 0 Å². The van der Waals surface area contributed by atoms with Crippen LogP contribution in [0.4, 0.5) is 5.95 Å². The number of hydrogen-bond donors (Lipinski definition) is 1. The number of likely N-dealkylation sites (N-methyl/N-ethyl adjacent to an activating group) is 1. The van der Waals surface area contributed by atoms with E-state index in [4.69, 9.17) is 0 Å². The first kappa shape index (κ1) is 19.4. The van der Waals surface area contributed by atoms with Gasteiger partial charge in [-0.3, -0.25) is 9.69 Å². The fourth-order valence-electron chi connectivity index (χ4n) is 4.55. The van der Waals surface area contributed by atoms with Crippen molar-refractivity contribution in [3.8, 4) is 0 Å². The number of aromatic nitrogens is 2. The topological polar surface area (TPSA) is 61.4 Å². The summed E-state index contributed by atoms with van der Waals surface area (Å²) in [5, 5.41) is 3.33. The van der Waals surface area contributed by atoms with Crippen LogP contribution in [0.5, 0.6) is 0 Å². The summed E-state index contributed by atoms with van der Waals surface area (Å²) in [5.74, 6) is 2.24. The second-order valence-electron chi connectivity index (χ2n) is 7.98. The quantitative estimate of drug-likeness (QED) is 0.820. The van der Waals surface area contributed by atoms with E-state index in [0.29, 0.717) is 18.5 Å². The van der Waals surface area contributed by atoms with Gasteiger partial charge in [0.05, 0.1) is 12.6 Å². The monoisotopic (exact) mass is 379 g/mol. The molecule has 1 aliphatic heterocycles. The van der Waals surface area contributed by atoms with Gasteiger partial charge in [-0.1, -0.05) is 12.8 Å². The fourth-order valence-corrected chi connectivity index (χ4v) is 4.55. The number of rotatable bonds is 6. The lowest BCUT2D eigenvalue weighted by Crippen LogP contribution is -2.46. The SMILES string of the molecule is CN(CC(=O)N[C@H]1CN(c2ncccn2)C[C@@H]1C1CC1)C1CCCC1.Cl. The molecule has 144 valence electrons. The molecule has 0 bridgehead atoms. The number of amides is 1. The number of nitrogens with zero attached hydrogens (tertiary/aromatic N) is 4. The van der Waals surface area contributed by atoms with Gasteiger partial charge < -0.3 is 10.2 Å². The minimum Gasteiger partial charge on any atom is -0.350 e. The summed E-state index contributed by atoms with van der Waals surface area (Å²) in [7, 11) is 2.09. The maximum Gasteiger partial charge on any atom is 0.234 e. The van der Waals surface area contributed by atoms with Gasteiger partial charge in [-0.25, -0.2) is 9.97 Å². The summed E-state index contributed by atoms with van der Waals surface area (Å²) in [6.45, 7) is 2.29. The summed E-state index contributed by atoms with van der Waals surface area (Å²) in [5.41, 5.74) is 0. The Kier molecular flexibility index (Phi) is 6.35. The molecular weight excluding hydrogens is 350 g/mol. The molecule has 2 saturated carbocycles. The lowest BCUT2D eigenvalue weighted by atomic mass is 9.98. The highest BCUT2D eigenvalue weighted by Crippen LogP contribution is 2.42. The normalized spacial score (nSPS) is 26.2. The van der Waals surface area contributed by atoms with E-state index < -0.39 is 0 Å². The summed E-state index contributed by atoms with van der Waals surface area (Å²) in [6, 6.07) is 2.65. The average Bonchev–Trinajstić information content (AvgIpc) is 3.15. The standard InChI is InChI=1S/C19H29N5O.ClH/c1-23(15-5-2-3-6-15)13-18(25)22-17-12-24(11-16(17)14-7-8-14)19-20-9-4-10-21-19;/h4,9-10,14-17H,2-3,5-8,11-13H2,1H3,(H,22,25);1H/t16-,17+;/m1./s1. The summed E-state index contributed by atoms with van der Waals surface area (Å²) < 4.78 is 0. The van der Waals surface area contributed by atoms with Crippen molar-refractivity contribution in [1.29, 1.82) is 0 Å². The Morgan fingerprint density at radius 2 is 1.88 bits per heavy atom. The van der Waals surface area contributed by atoms with Crippen LogP contribution in [0.25, 0.3) is 0 Å². The Bertz CT molecular complexity index is 591. The summed E-state index contributed by atoms with van der Waals surface area (Å²) in [4.78, 5) is 25.8. The van der Waals surface area contributed by atoms with E-state index in [0.717, 1.165) is 25.0 Å². The molecule has 2 heterocycles. The maximum absolute atomic E-state index is 12.6. The zero-order chi connectivity index (χ0) is 17.2. The Morgan fingerprint density at radius 1 is 1.19 bits per heavy atom. The van der Waals surface area contributed by atoms with Gasteiger partial charge in [0.2, 0.25) is 11.9 Å². The van der Waals surface area contributed by atoms with Crippen LogP contribution >= 0.6 is 12.4 Å². The Labute approximate surface area is 162 Å². The molecule has 7 heteroatoms. The smallest absolute Gasteiger partial charge is 0.234 e. The minimum atomic E-state index is 0. The van der Waals surface area contributed by atoms with Gasteiger partial charge in [0.15, 0.2) is 0 Å². The number of anilines is 1. The first-order chi connectivity index (χ1) is 12.2. The average molecular weight is 380 g/mol. The summed E-state index contributed by atoms with van der Waals surface area (Å²) >= 11 is 0. The predicted molar refractivity (Wildman–Crippen MR) is 105 cm³/mol. The number of carbonyl (C=O) groups is 1. The summed E-state index contributed by atoms with van der Waals surface area (Å²) in [6.07, 6.45) is 11.2. The van der Waals surface area contributed by atoms with Gasteiger partial charge in [-0.05, 0) is 44.7 Å². The zero-order valence-electron chi connectivity index (χ0n) is 15.5. The molecule has 1 aromatic rings. The van der Waals surface area contributed by atoms with Gasteiger partial charge >= 0.3 is 0 Å². The van der Waals surface area contributed by atoms with Crippen LogP contribution < -0.4 is 10.2 Å². The van der Waals surface area contributed by atoms with Crippen molar-refractivity contribution >= 4 is 24.3 Å². The molecule has 2 atom stereocenters. The van der Waals surface area contributed by atoms with E-state index in [2.05, 4.69) is 32.1 Å². The molecule has 0 spiro atoms. The van der Waals surface area contributed by atoms with E-state index in [1.807, 2.05) is 6.07 Å². The molecule has 0 radical (unpaired) electrons. The van der Waals surface area contributed by atoms with E-state index in [9.17, 15) is 4.79 Å². The van der Waals surface area contributed by atoms with Crippen LogP contribution in [-0.4, -0.2) is 59.5 Å². The van der Waals surface area contributed by atoms with Crippen LogP contribution in [0.1, 0.15) is 38.5 Å². The van der Waals surface area contributed by atoms with Gasteiger partial charge in [-0.15, -0.1) is 12.4 Å². The van der Waals surface area contributed by atoms with Crippen molar-refractivity contribution in [2.45, 2.75) is 50.6 Å². The third-order valence-corrected chi connectivity index (χ3v) is 6.12. The van der Waals surface area contributed by atoms with Crippen molar-refractivity contribution in [2.75, 3.05) is 31.6 Å². The Balaban J connectivity index is 0.00000196. The van der Waals surface area contributed by atoms with Crippen molar-refractivity contribution in [3.63, 3.8) is 0 Å². The third kappa shape index (κ3) is 4.46. The molecular formula is C19H30ClN5O. The van der Waals surface area contributed by atoms with E-state index in [-0.39, 0.29) is 24.4 Å². The molecule has 1 aromatic heterocycles. The molecule has 0 aromatic carbocycles. The second-order valence-corrected chi connectivity index (χ2v) is 7.98. The fraction of sp³-hybridized carbons (Fsp3) is 0.737. The van der Waals surface area contributed by atoms with Crippen molar-refractivity contribution in [1.82, 2.24) is 20.2 Å². The van der Waals surface area contributed by atoms with Gasteiger partial charge in [0.1, 0.15) is 0 Å². The predicted octanol–water partition coefficient (Wildman–Crippen LogP) is 2.10. The number of carbonyl (C=O) groups excluding carboxylic acids is 1. The molecule has 3 fully saturated rings. The largest absolute Gasteiger partial charge is 0.350 e. The highest BCUT2D eigenvalue weighted by molar-refractivity contribution is 5.85. The number of hydrogen-bond acceptors (Lipinski definition) is 5. The highest BCUT2D eigenvalue weighted by atomic mass is 35.5. The molecule has 6 nitrogen and oxygen atoms in total. The van der Waals surface area contributed by atoms with Gasteiger partial charge in [-0.2, -0.15) is 0 Å². The molecule has 2 aliphatic carbocycles. The van der Waals surface area contributed by atoms with Crippen LogP contribution in [0.2, 0.25) is 0 Å². The highest BCUT2D eigenvalue weighted by Gasteiger charge is 2.43. The van der Waals surface area contributed by atoms with E-state index >= 15 is 0 Å². The van der Waals surface area contributed by atoms with Crippen molar-refractivity contribution < 1.29 is 4.79 Å². The molecule has 1 amide bonds. The lowest BCUT2D eigenvalue weighted by molar-refractivity contribution is -0.123. The Hall–Kier alpha value is -1.40. The number of nitrogens with one attached hydrogen (secondary N) is 1. The van der Waals surface area contributed by atoms with E-state index in [1.165, 1.54) is 38.5 Å². The van der Waals surface area contributed by atoms with Crippen molar-refractivity contribution in [2.24, 2.45) is 11.8 Å². The second kappa shape index (κ2) is 8.53. The number of halogens is 1. The molecule has 4 rings (SSSR count). The van der Waals surface area contributed by atoms with Crippen LogP contribution in [0.15, 0.2) is 18.5 Å². The van der Waals surface area contributed by atoms with Crippen LogP contribution in [-0.2, 0) is 4.79 Å². The third-order valence-electron chi connectivity index (χ3n) is 6.12. The Morgan fingerprint density at radius 3 is 2.54 bits per heavy atom. The van der Waals surface area contributed by atoms with Gasteiger partial charge in [0.25, 0.3) is 0 Å². The van der Waals surface area contributed by atoms with Gasteiger partial charge in [0, 0.05) is 37.4 Å². The zero-order valence-corrected chi connectivity index (χ0v) is 16.3. The maximum atomic E-state index is 12.6. The minimum absolute atomic E-state index is 0. The first-order valence-corrected chi connectivity index (χ1v) is 9.72. The molecule has 3 aliphatic rings. The first-order valence-electron chi connectivity index (χ1n) is 9.72.